The van der Waals surface area contributed by atoms with Gasteiger partial charge in [-0.15, -0.1) is 10.2 Å². The van der Waals surface area contributed by atoms with Gasteiger partial charge in [0.15, 0.2) is 0 Å². The summed E-state index contributed by atoms with van der Waals surface area (Å²) in [7, 11) is 0. The molecule has 1 heterocycles. The van der Waals surface area contributed by atoms with E-state index in [4.69, 9.17) is 10.2 Å². The third-order valence-corrected chi connectivity index (χ3v) is 4.20. The minimum Gasteiger partial charge on any atom is -0.414 e. The van der Waals surface area contributed by atoms with Crippen LogP contribution in [0.3, 0.4) is 0 Å². The van der Waals surface area contributed by atoms with Crippen LogP contribution in [0.1, 0.15) is 46.0 Å². The van der Waals surface area contributed by atoms with Crippen LogP contribution in [0.15, 0.2) is 9.64 Å². The highest BCUT2D eigenvalue weighted by atomic mass is 32.2. The maximum atomic E-state index is 11.9. The Bertz CT molecular complexity index is 420. The van der Waals surface area contributed by atoms with E-state index in [9.17, 15) is 4.79 Å². The number of nitrogens with two attached hydrogens (primary N) is 1. The molecule has 1 amide bonds. The molecule has 0 spiro atoms. The van der Waals surface area contributed by atoms with Crippen molar-refractivity contribution in [1.29, 1.82) is 0 Å². The number of amides is 1. The van der Waals surface area contributed by atoms with E-state index >= 15 is 0 Å². The third kappa shape index (κ3) is 4.49. The van der Waals surface area contributed by atoms with Gasteiger partial charge in [-0.25, -0.2) is 0 Å². The molecule has 0 bridgehead atoms. The maximum absolute atomic E-state index is 11.9. The van der Waals surface area contributed by atoms with Gasteiger partial charge in [0.05, 0.1) is 11.8 Å². The molecular weight excluding hydrogens is 276 g/mol. The predicted octanol–water partition coefficient (Wildman–Crippen LogP) is 2.08. The van der Waals surface area contributed by atoms with Gasteiger partial charge in [0.1, 0.15) is 0 Å². The van der Waals surface area contributed by atoms with Gasteiger partial charge in [0, 0.05) is 13.1 Å². The minimum atomic E-state index is -0.250. The number of hydrogen-bond acceptors (Lipinski definition) is 6. The van der Waals surface area contributed by atoms with Crippen LogP contribution in [0.4, 0.5) is 0 Å². The van der Waals surface area contributed by atoms with E-state index in [1.807, 2.05) is 20.8 Å². The maximum Gasteiger partial charge on any atom is 0.277 e. The topological polar surface area (TPSA) is 85.2 Å². The molecule has 6 nitrogen and oxygen atoms in total. The van der Waals surface area contributed by atoms with Gasteiger partial charge in [0.2, 0.25) is 11.8 Å². The molecule has 0 saturated heterocycles. The van der Waals surface area contributed by atoms with Crippen molar-refractivity contribution in [1.82, 2.24) is 15.1 Å². The monoisotopic (exact) mass is 300 g/mol. The van der Waals surface area contributed by atoms with Crippen LogP contribution in [0.5, 0.6) is 0 Å². The number of nitrogens with zero attached hydrogens (tertiary/aromatic N) is 3. The van der Waals surface area contributed by atoms with Crippen LogP contribution in [0.25, 0.3) is 0 Å². The van der Waals surface area contributed by atoms with Crippen molar-refractivity contribution in [3.05, 3.63) is 5.89 Å². The fourth-order valence-electron chi connectivity index (χ4n) is 1.70. The lowest BCUT2D eigenvalue weighted by atomic mass is 10.0. The largest absolute Gasteiger partial charge is 0.414 e. The zero-order valence-corrected chi connectivity index (χ0v) is 13.4. The molecule has 0 fully saturated rings. The van der Waals surface area contributed by atoms with Crippen LogP contribution in [0, 0.1) is 5.92 Å². The normalized spacial score (nSPS) is 14.1. The first-order valence-electron chi connectivity index (χ1n) is 7.02. The van der Waals surface area contributed by atoms with Crippen LogP contribution in [0.2, 0.25) is 0 Å². The molecule has 0 saturated carbocycles. The lowest BCUT2D eigenvalue weighted by Crippen LogP contribution is -2.31. The van der Waals surface area contributed by atoms with Gasteiger partial charge in [-0.3, -0.25) is 4.79 Å². The average molecular weight is 300 g/mol. The van der Waals surface area contributed by atoms with Crippen molar-refractivity contribution in [2.24, 2.45) is 11.7 Å². The first-order valence-corrected chi connectivity index (χ1v) is 8.01. The Kier molecular flexibility index (Phi) is 7.01. The third-order valence-electron chi connectivity index (χ3n) is 3.40. The van der Waals surface area contributed by atoms with Crippen LogP contribution in [-0.2, 0) is 4.79 Å². The quantitative estimate of drug-likeness (QED) is 0.740. The molecule has 2 atom stereocenters. The average Bonchev–Trinajstić information content (AvgIpc) is 2.93. The summed E-state index contributed by atoms with van der Waals surface area (Å²) in [6.45, 7) is 9.46. The Balaban J connectivity index is 2.54. The van der Waals surface area contributed by atoms with E-state index in [0.29, 0.717) is 30.0 Å². The Morgan fingerprint density at radius 2 is 2.00 bits per heavy atom. The molecule has 1 aromatic rings. The van der Waals surface area contributed by atoms with Gasteiger partial charge in [-0.05, 0) is 19.8 Å². The molecule has 0 aliphatic carbocycles. The highest BCUT2D eigenvalue weighted by Gasteiger charge is 2.20. The van der Waals surface area contributed by atoms with Gasteiger partial charge < -0.3 is 15.1 Å². The Hall–Kier alpha value is -1.08. The number of hydrogen-bond donors (Lipinski definition) is 1. The fraction of sp³-hybridized carbons (Fsp3) is 0.769. The lowest BCUT2D eigenvalue weighted by molar-refractivity contribution is -0.127. The molecule has 114 valence electrons. The van der Waals surface area contributed by atoms with E-state index in [1.165, 1.54) is 11.8 Å². The summed E-state index contributed by atoms with van der Waals surface area (Å²) in [5.41, 5.74) is 6.03. The summed E-state index contributed by atoms with van der Waals surface area (Å²) in [5, 5.41) is 8.30. The molecule has 0 aliphatic heterocycles. The lowest BCUT2D eigenvalue weighted by Gasteiger charge is -2.17. The van der Waals surface area contributed by atoms with E-state index < -0.39 is 0 Å². The Morgan fingerprint density at radius 3 is 2.55 bits per heavy atom. The molecule has 20 heavy (non-hydrogen) atoms. The van der Waals surface area contributed by atoms with E-state index in [-0.39, 0.29) is 17.9 Å². The first-order chi connectivity index (χ1) is 9.53. The molecule has 0 aliphatic rings. The SMILES string of the molecule is CCC(C)C(N)c1nnc(SCC(=O)N(CC)CC)o1. The summed E-state index contributed by atoms with van der Waals surface area (Å²) in [5.74, 6) is 1.11. The number of rotatable bonds is 8. The number of thioether (sulfide) groups is 1. The molecule has 0 aromatic carbocycles. The molecular formula is C13H24N4O2S. The summed E-state index contributed by atoms with van der Waals surface area (Å²) < 4.78 is 5.51. The standard InChI is InChI=1S/C13H24N4O2S/c1-5-9(4)11(14)12-15-16-13(19-12)20-8-10(18)17(6-2)7-3/h9,11H,5-8,14H2,1-4H3. The van der Waals surface area contributed by atoms with Gasteiger partial charge in [0.25, 0.3) is 5.22 Å². The number of carbonyl (C=O) groups excluding carboxylic acids is 1. The highest BCUT2D eigenvalue weighted by molar-refractivity contribution is 7.99. The highest BCUT2D eigenvalue weighted by Crippen LogP contribution is 2.24. The summed E-state index contributed by atoms with van der Waals surface area (Å²) in [4.78, 5) is 13.6. The smallest absolute Gasteiger partial charge is 0.277 e. The van der Waals surface area contributed by atoms with Gasteiger partial charge >= 0.3 is 0 Å². The molecule has 1 aromatic heterocycles. The summed E-state index contributed by atoms with van der Waals surface area (Å²) in [6.07, 6.45) is 0.951. The first kappa shape index (κ1) is 17.0. The fourth-order valence-corrected chi connectivity index (χ4v) is 2.37. The van der Waals surface area contributed by atoms with E-state index in [2.05, 4.69) is 17.1 Å². The van der Waals surface area contributed by atoms with Gasteiger partial charge in [-0.1, -0.05) is 32.0 Å². The number of aromatic nitrogens is 2. The van der Waals surface area contributed by atoms with Crippen molar-refractivity contribution in [2.45, 2.75) is 45.4 Å². The molecule has 2 N–H and O–H groups in total. The van der Waals surface area contributed by atoms with Crippen molar-refractivity contribution in [3.8, 4) is 0 Å². The molecule has 1 rings (SSSR count). The molecule has 0 radical (unpaired) electrons. The van der Waals surface area contributed by atoms with Crippen molar-refractivity contribution in [2.75, 3.05) is 18.8 Å². The number of carbonyl (C=O) groups is 1. The van der Waals surface area contributed by atoms with E-state index in [1.54, 1.807) is 4.90 Å². The molecule has 2 unspecified atom stereocenters. The zero-order chi connectivity index (χ0) is 15.1. The second kappa shape index (κ2) is 8.26. The van der Waals surface area contributed by atoms with Crippen LogP contribution < -0.4 is 5.73 Å². The second-order valence-corrected chi connectivity index (χ2v) is 5.60. The predicted molar refractivity (Wildman–Crippen MR) is 79.3 cm³/mol. The van der Waals surface area contributed by atoms with Crippen molar-refractivity contribution in [3.63, 3.8) is 0 Å². The van der Waals surface area contributed by atoms with Crippen molar-refractivity contribution >= 4 is 17.7 Å². The zero-order valence-electron chi connectivity index (χ0n) is 12.6. The summed E-state index contributed by atoms with van der Waals surface area (Å²) in [6, 6.07) is -0.250. The Labute approximate surface area is 124 Å². The van der Waals surface area contributed by atoms with Crippen molar-refractivity contribution < 1.29 is 9.21 Å². The summed E-state index contributed by atoms with van der Waals surface area (Å²) >= 11 is 1.26. The second-order valence-electron chi connectivity index (χ2n) is 4.67. The van der Waals surface area contributed by atoms with E-state index in [0.717, 1.165) is 6.42 Å². The van der Waals surface area contributed by atoms with Crippen LogP contribution >= 0.6 is 11.8 Å². The Morgan fingerprint density at radius 1 is 1.35 bits per heavy atom. The minimum absolute atomic E-state index is 0.0750. The van der Waals surface area contributed by atoms with Crippen LogP contribution in [-0.4, -0.2) is 39.8 Å². The molecule has 7 heteroatoms. The van der Waals surface area contributed by atoms with Gasteiger partial charge in [-0.2, -0.15) is 0 Å².